The van der Waals surface area contributed by atoms with E-state index in [1.54, 1.807) is 26.0 Å². The molecule has 37 heavy (non-hydrogen) atoms. The monoisotopic (exact) mass is 521 g/mol. The number of esters is 4. The first-order valence-corrected chi connectivity index (χ1v) is 13.2. The van der Waals surface area contributed by atoms with Crippen LogP contribution in [0, 0.1) is 5.92 Å². The van der Waals surface area contributed by atoms with Crippen LogP contribution in [0.25, 0.3) is 0 Å². The van der Waals surface area contributed by atoms with Crippen LogP contribution in [0.4, 0.5) is 0 Å². The Kier molecular flexibility index (Phi) is 14.5. The molecule has 1 rings (SSSR count). The van der Waals surface area contributed by atoms with Crippen molar-refractivity contribution in [2.45, 2.75) is 111 Å². The fraction of sp³-hybridized carbons (Fsp3) is 0.643. The Labute approximate surface area is 220 Å². The molecule has 0 aliphatic rings. The van der Waals surface area contributed by atoms with Crippen molar-refractivity contribution in [2.24, 2.45) is 11.7 Å². The fourth-order valence-corrected chi connectivity index (χ4v) is 3.22. The van der Waals surface area contributed by atoms with Gasteiger partial charge in [-0.15, -0.1) is 0 Å². The van der Waals surface area contributed by atoms with E-state index in [1.807, 2.05) is 27.7 Å². The Morgan fingerprint density at radius 1 is 0.784 bits per heavy atom. The minimum atomic E-state index is -1.01. The maximum Gasteiger partial charge on any atom is 0.323 e. The lowest BCUT2D eigenvalue weighted by molar-refractivity contribution is -0.166. The van der Waals surface area contributed by atoms with Gasteiger partial charge < -0.3 is 24.7 Å². The molecule has 0 aliphatic heterocycles. The summed E-state index contributed by atoms with van der Waals surface area (Å²) < 4.78 is 21.6. The molecule has 9 heteroatoms. The molecular weight excluding hydrogens is 478 g/mol. The number of rotatable bonds is 16. The van der Waals surface area contributed by atoms with Gasteiger partial charge in [-0.05, 0) is 56.7 Å². The number of nitrogens with two attached hydrogens (primary N) is 1. The standard InChI is InChI=1S/C28H43NO8/c1-7-9-11-25(30)36-23-14-13-21(17-24(23)37-26(31)12-10-8-2)16-22(29)28(33)35-20(6)19(5)34-27(32)15-18(3)4/h13-14,17-20,22H,7-12,15-16,29H2,1-6H3/t19-,20-,22-/m0/s1. The van der Waals surface area contributed by atoms with Crippen molar-refractivity contribution in [2.75, 3.05) is 0 Å². The zero-order valence-electron chi connectivity index (χ0n) is 23.0. The Hall–Kier alpha value is -2.94. The first-order chi connectivity index (χ1) is 17.5. The number of hydrogen-bond acceptors (Lipinski definition) is 9. The van der Waals surface area contributed by atoms with Crippen LogP contribution < -0.4 is 15.2 Å². The minimum Gasteiger partial charge on any atom is -0.459 e. The highest BCUT2D eigenvalue weighted by atomic mass is 16.6. The molecule has 1 aromatic carbocycles. The molecule has 0 saturated heterocycles. The van der Waals surface area contributed by atoms with E-state index < -0.39 is 36.2 Å². The van der Waals surface area contributed by atoms with Gasteiger partial charge in [0.05, 0.1) is 0 Å². The summed E-state index contributed by atoms with van der Waals surface area (Å²) in [7, 11) is 0. The van der Waals surface area contributed by atoms with Crippen molar-refractivity contribution in [3.8, 4) is 11.5 Å². The summed E-state index contributed by atoms with van der Waals surface area (Å²) in [5.41, 5.74) is 6.68. The Morgan fingerprint density at radius 2 is 1.32 bits per heavy atom. The fourth-order valence-electron chi connectivity index (χ4n) is 3.22. The van der Waals surface area contributed by atoms with E-state index in [2.05, 4.69) is 0 Å². The van der Waals surface area contributed by atoms with Crippen LogP contribution in [0.5, 0.6) is 11.5 Å². The third-order valence-electron chi connectivity index (χ3n) is 5.54. The van der Waals surface area contributed by atoms with Crippen molar-refractivity contribution in [3.63, 3.8) is 0 Å². The van der Waals surface area contributed by atoms with Crippen molar-refractivity contribution in [1.82, 2.24) is 0 Å². The molecule has 0 saturated carbocycles. The summed E-state index contributed by atoms with van der Waals surface area (Å²) in [4.78, 5) is 48.8. The summed E-state index contributed by atoms with van der Waals surface area (Å²) in [6.07, 6.45) is 2.58. The van der Waals surface area contributed by atoms with Crippen molar-refractivity contribution in [3.05, 3.63) is 23.8 Å². The van der Waals surface area contributed by atoms with Crippen LogP contribution in [0.1, 0.15) is 92.1 Å². The largest absolute Gasteiger partial charge is 0.459 e. The Balaban J connectivity index is 2.87. The van der Waals surface area contributed by atoms with Crippen molar-refractivity contribution in [1.29, 1.82) is 0 Å². The molecule has 0 fully saturated rings. The van der Waals surface area contributed by atoms with E-state index in [9.17, 15) is 19.2 Å². The van der Waals surface area contributed by atoms with Gasteiger partial charge in [0.25, 0.3) is 0 Å². The number of ether oxygens (including phenoxy) is 4. The average molecular weight is 522 g/mol. The zero-order valence-corrected chi connectivity index (χ0v) is 23.0. The second-order valence-electron chi connectivity index (χ2n) is 9.68. The third kappa shape index (κ3) is 12.7. The van der Waals surface area contributed by atoms with Crippen LogP contribution in [-0.2, 0) is 35.1 Å². The van der Waals surface area contributed by atoms with Gasteiger partial charge in [0.1, 0.15) is 18.2 Å². The molecule has 0 aliphatic carbocycles. The van der Waals surface area contributed by atoms with Crippen LogP contribution >= 0.6 is 0 Å². The quantitative estimate of drug-likeness (QED) is 0.244. The average Bonchev–Trinajstić information content (AvgIpc) is 2.82. The molecule has 0 aromatic heterocycles. The molecule has 0 amide bonds. The normalized spacial score (nSPS) is 13.4. The lowest BCUT2D eigenvalue weighted by atomic mass is 10.1. The van der Waals surface area contributed by atoms with Gasteiger partial charge in [-0.3, -0.25) is 19.2 Å². The number of carbonyl (C=O) groups excluding carboxylic acids is 4. The molecule has 0 heterocycles. The molecule has 0 bridgehead atoms. The second kappa shape index (κ2) is 16.7. The maximum atomic E-state index is 12.6. The highest BCUT2D eigenvalue weighted by Gasteiger charge is 2.25. The minimum absolute atomic E-state index is 0.0939. The second-order valence-corrected chi connectivity index (χ2v) is 9.68. The molecular formula is C28H43NO8. The summed E-state index contributed by atoms with van der Waals surface area (Å²) in [6.45, 7) is 11.0. The van der Waals surface area contributed by atoms with Gasteiger partial charge >= 0.3 is 23.9 Å². The van der Waals surface area contributed by atoms with E-state index in [4.69, 9.17) is 24.7 Å². The van der Waals surface area contributed by atoms with E-state index in [0.717, 1.165) is 12.8 Å². The third-order valence-corrected chi connectivity index (χ3v) is 5.54. The SMILES string of the molecule is CCCCC(=O)Oc1ccc(C[C@H](N)C(=O)O[C@@H](C)[C@H](C)OC(=O)CC(C)C)cc1OC(=O)CCCC. The van der Waals surface area contributed by atoms with Crippen LogP contribution in [-0.4, -0.2) is 42.1 Å². The van der Waals surface area contributed by atoms with E-state index >= 15 is 0 Å². The molecule has 0 radical (unpaired) electrons. The Morgan fingerprint density at radius 3 is 1.86 bits per heavy atom. The number of hydrogen-bond donors (Lipinski definition) is 1. The summed E-state index contributed by atoms with van der Waals surface area (Å²) in [5.74, 6) is -1.48. The molecule has 0 spiro atoms. The van der Waals surface area contributed by atoms with Crippen LogP contribution in [0.3, 0.4) is 0 Å². The number of benzene rings is 1. The summed E-state index contributed by atoms with van der Waals surface area (Å²) >= 11 is 0. The maximum absolute atomic E-state index is 12.6. The molecule has 208 valence electrons. The van der Waals surface area contributed by atoms with Crippen LogP contribution in [0.2, 0.25) is 0 Å². The number of carbonyl (C=O) groups is 4. The predicted molar refractivity (Wildman–Crippen MR) is 139 cm³/mol. The van der Waals surface area contributed by atoms with Gasteiger partial charge in [0, 0.05) is 19.3 Å². The predicted octanol–water partition coefficient (Wildman–Crippen LogP) is 4.66. The highest BCUT2D eigenvalue weighted by molar-refractivity contribution is 5.77. The molecule has 2 N–H and O–H groups in total. The first-order valence-electron chi connectivity index (χ1n) is 13.2. The molecule has 1 aromatic rings. The van der Waals surface area contributed by atoms with E-state index in [1.165, 1.54) is 6.07 Å². The van der Waals surface area contributed by atoms with Gasteiger partial charge in [-0.25, -0.2) is 0 Å². The summed E-state index contributed by atoms with van der Waals surface area (Å²) in [5, 5.41) is 0. The van der Waals surface area contributed by atoms with Crippen LogP contribution in [0.15, 0.2) is 18.2 Å². The van der Waals surface area contributed by atoms with Gasteiger partial charge in [0.2, 0.25) is 0 Å². The molecule has 9 nitrogen and oxygen atoms in total. The van der Waals surface area contributed by atoms with Gasteiger partial charge in [0.15, 0.2) is 11.5 Å². The van der Waals surface area contributed by atoms with Gasteiger partial charge in [-0.1, -0.05) is 46.6 Å². The lowest BCUT2D eigenvalue weighted by Gasteiger charge is -2.23. The highest BCUT2D eigenvalue weighted by Crippen LogP contribution is 2.30. The molecule has 3 atom stereocenters. The van der Waals surface area contributed by atoms with Crippen molar-refractivity contribution >= 4 is 23.9 Å². The van der Waals surface area contributed by atoms with E-state index in [0.29, 0.717) is 18.4 Å². The topological polar surface area (TPSA) is 131 Å². The van der Waals surface area contributed by atoms with E-state index in [-0.39, 0.29) is 49.1 Å². The van der Waals surface area contributed by atoms with Gasteiger partial charge in [-0.2, -0.15) is 0 Å². The lowest BCUT2D eigenvalue weighted by Crippen LogP contribution is -2.39. The van der Waals surface area contributed by atoms with Crippen molar-refractivity contribution < 1.29 is 38.1 Å². The zero-order chi connectivity index (χ0) is 28.0. The first kappa shape index (κ1) is 32.1. The molecule has 0 unspecified atom stereocenters. The Bertz CT molecular complexity index is 898. The smallest absolute Gasteiger partial charge is 0.323 e. The summed E-state index contributed by atoms with van der Waals surface area (Å²) in [6, 6.07) is 3.71. The number of unbranched alkanes of at least 4 members (excludes halogenated alkanes) is 2.